The summed E-state index contributed by atoms with van der Waals surface area (Å²) in [5.41, 5.74) is 2.35. The topological polar surface area (TPSA) is 69.0 Å². The van der Waals surface area contributed by atoms with Crippen molar-refractivity contribution in [3.63, 3.8) is 0 Å². The van der Waals surface area contributed by atoms with Crippen molar-refractivity contribution in [1.82, 2.24) is 24.7 Å². The summed E-state index contributed by atoms with van der Waals surface area (Å²) < 4.78 is 22.4. The van der Waals surface area contributed by atoms with Crippen molar-refractivity contribution in [2.45, 2.75) is 6.10 Å². The molecule has 0 saturated carbocycles. The minimum atomic E-state index is -0.437. The summed E-state index contributed by atoms with van der Waals surface area (Å²) in [4.78, 5) is 15.8. The van der Waals surface area contributed by atoms with Crippen LogP contribution in [0.5, 0.6) is 0 Å². The molecule has 1 saturated heterocycles. The molecule has 4 heterocycles. The van der Waals surface area contributed by atoms with E-state index in [1.165, 1.54) is 6.07 Å². The van der Waals surface area contributed by atoms with Gasteiger partial charge >= 0.3 is 0 Å². The van der Waals surface area contributed by atoms with Gasteiger partial charge in [-0.05, 0) is 30.3 Å². The molecule has 9 heteroatoms. The zero-order valence-electron chi connectivity index (χ0n) is 16.2. The van der Waals surface area contributed by atoms with Crippen LogP contribution in [0.2, 0.25) is 5.02 Å². The van der Waals surface area contributed by atoms with Crippen LogP contribution in [0, 0.1) is 5.82 Å². The maximum Gasteiger partial charge on any atom is 0.228 e. The largest absolute Gasteiger partial charge is 0.370 e. The molecule has 1 fully saturated rings. The molecule has 5 rings (SSSR count). The molecule has 1 unspecified atom stereocenters. The number of morpholine rings is 1. The molecule has 4 aromatic rings. The molecule has 30 heavy (non-hydrogen) atoms. The van der Waals surface area contributed by atoms with Crippen molar-refractivity contribution in [1.29, 1.82) is 0 Å². The second-order valence-corrected chi connectivity index (χ2v) is 7.56. The van der Waals surface area contributed by atoms with Gasteiger partial charge in [-0.15, -0.1) is 0 Å². The predicted molar refractivity (Wildman–Crippen MR) is 112 cm³/mol. The third-order valence-corrected chi connectivity index (χ3v) is 5.33. The molecule has 152 valence electrons. The van der Waals surface area contributed by atoms with Crippen LogP contribution in [-0.2, 0) is 11.8 Å². The fourth-order valence-electron chi connectivity index (χ4n) is 3.62. The SMILES string of the molecule is Cn1cc(C2CN(c3nc(-c4ccc(Cl)cc4F)c4cccnc4n3)CCO2)cn1. The van der Waals surface area contributed by atoms with Gasteiger partial charge in [-0.1, -0.05) is 11.6 Å². The highest BCUT2D eigenvalue weighted by Gasteiger charge is 2.26. The molecule has 3 aromatic heterocycles. The number of fused-ring (bicyclic) bond motifs is 1. The number of anilines is 1. The fraction of sp³-hybridized carbons (Fsp3) is 0.238. The Balaban J connectivity index is 1.58. The van der Waals surface area contributed by atoms with Gasteiger partial charge in [0.2, 0.25) is 5.95 Å². The number of benzene rings is 1. The predicted octanol–water partition coefficient (Wildman–Crippen LogP) is 3.80. The highest BCUT2D eigenvalue weighted by Crippen LogP contribution is 2.32. The summed E-state index contributed by atoms with van der Waals surface area (Å²) in [6.45, 7) is 1.71. The molecular weight excluding hydrogens is 407 g/mol. The summed E-state index contributed by atoms with van der Waals surface area (Å²) >= 11 is 5.94. The van der Waals surface area contributed by atoms with Gasteiger partial charge < -0.3 is 9.64 Å². The number of pyridine rings is 1. The normalized spacial score (nSPS) is 16.9. The highest BCUT2D eigenvalue weighted by molar-refractivity contribution is 6.30. The lowest BCUT2D eigenvalue weighted by Gasteiger charge is -2.32. The van der Waals surface area contributed by atoms with E-state index in [-0.39, 0.29) is 6.10 Å². The Labute approximate surface area is 177 Å². The van der Waals surface area contributed by atoms with E-state index < -0.39 is 5.82 Å². The molecule has 0 spiro atoms. The maximum atomic E-state index is 14.7. The summed E-state index contributed by atoms with van der Waals surface area (Å²) in [5, 5.41) is 5.24. The van der Waals surface area contributed by atoms with Crippen LogP contribution in [0.4, 0.5) is 10.3 Å². The number of nitrogens with zero attached hydrogens (tertiary/aromatic N) is 6. The third kappa shape index (κ3) is 3.48. The van der Waals surface area contributed by atoms with Gasteiger partial charge in [0, 0.05) is 47.5 Å². The molecule has 0 N–H and O–H groups in total. The number of hydrogen-bond donors (Lipinski definition) is 0. The molecule has 0 bridgehead atoms. The highest BCUT2D eigenvalue weighted by atomic mass is 35.5. The zero-order chi connectivity index (χ0) is 20.7. The van der Waals surface area contributed by atoms with Crippen LogP contribution >= 0.6 is 11.6 Å². The number of aromatic nitrogens is 5. The summed E-state index contributed by atoms with van der Waals surface area (Å²) in [6.07, 6.45) is 5.25. The Hall–Kier alpha value is -3.10. The number of hydrogen-bond acceptors (Lipinski definition) is 6. The molecule has 1 atom stereocenters. The first-order chi connectivity index (χ1) is 14.6. The van der Waals surface area contributed by atoms with E-state index in [1.807, 2.05) is 24.2 Å². The Kier molecular flexibility index (Phi) is 4.80. The second-order valence-electron chi connectivity index (χ2n) is 7.12. The molecule has 1 aliphatic heterocycles. The number of aryl methyl sites for hydroxylation is 1. The molecule has 0 aliphatic carbocycles. The van der Waals surface area contributed by atoms with Gasteiger partial charge in [0.15, 0.2) is 5.65 Å². The van der Waals surface area contributed by atoms with Crippen LogP contribution in [-0.4, -0.2) is 44.4 Å². The van der Waals surface area contributed by atoms with Gasteiger partial charge in [-0.3, -0.25) is 4.68 Å². The summed E-state index contributed by atoms with van der Waals surface area (Å²) in [6, 6.07) is 8.20. The lowest BCUT2D eigenvalue weighted by atomic mass is 10.1. The van der Waals surface area contributed by atoms with E-state index in [9.17, 15) is 4.39 Å². The smallest absolute Gasteiger partial charge is 0.228 e. The average Bonchev–Trinajstić information content (AvgIpc) is 3.20. The van der Waals surface area contributed by atoms with Crippen LogP contribution in [0.1, 0.15) is 11.7 Å². The van der Waals surface area contributed by atoms with Gasteiger partial charge in [0.05, 0.1) is 25.0 Å². The quantitative estimate of drug-likeness (QED) is 0.498. The third-order valence-electron chi connectivity index (χ3n) is 5.09. The van der Waals surface area contributed by atoms with Crippen molar-refractivity contribution in [2.24, 2.45) is 7.05 Å². The van der Waals surface area contributed by atoms with Crippen LogP contribution in [0.3, 0.4) is 0 Å². The Morgan fingerprint density at radius 1 is 1.23 bits per heavy atom. The first-order valence-corrected chi connectivity index (χ1v) is 9.89. The summed E-state index contributed by atoms with van der Waals surface area (Å²) in [7, 11) is 1.87. The van der Waals surface area contributed by atoms with E-state index in [1.54, 1.807) is 35.3 Å². The van der Waals surface area contributed by atoms with E-state index >= 15 is 0 Å². The molecular formula is C21H18ClFN6O. The Morgan fingerprint density at radius 2 is 2.13 bits per heavy atom. The Bertz CT molecular complexity index is 1230. The van der Waals surface area contributed by atoms with E-state index in [4.69, 9.17) is 21.3 Å². The standard InChI is InChI=1S/C21H18ClFN6O/c1-28-11-13(10-25-28)18-12-29(7-8-30-18)21-26-19(15-5-4-14(22)9-17(15)23)16-3-2-6-24-20(16)27-21/h2-6,9-11,18H,7-8,12H2,1H3. The lowest BCUT2D eigenvalue weighted by molar-refractivity contribution is 0.0392. The maximum absolute atomic E-state index is 14.7. The summed E-state index contributed by atoms with van der Waals surface area (Å²) in [5.74, 6) is 0.0512. The number of halogens is 2. The molecule has 1 aliphatic rings. The van der Waals surface area contributed by atoms with E-state index in [2.05, 4.69) is 15.1 Å². The zero-order valence-corrected chi connectivity index (χ0v) is 16.9. The lowest BCUT2D eigenvalue weighted by Crippen LogP contribution is -2.39. The van der Waals surface area contributed by atoms with E-state index in [0.29, 0.717) is 53.0 Å². The van der Waals surface area contributed by atoms with Crippen molar-refractivity contribution < 1.29 is 9.13 Å². The first-order valence-electron chi connectivity index (χ1n) is 9.52. The second kappa shape index (κ2) is 7.62. The van der Waals surface area contributed by atoms with Crippen molar-refractivity contribution in [2.75, 3.05) is 24.6 Å². The fourth-order valence-corrected chi connectivity index (χ4v) is 3.78. The van der Waals surface area contributed by atoms with Gasteiger partial charge in [-0.25, -0.2) is 14.4 Å². The molecule has 0 amide bonds. The minimum Gasteiger partial charge on any atom is -0.370 e. The van der Waals surface area contributed by atoms with Crippen LogP contribution < -0.4 is 4.90 Å². The number of ether oxygens (including phenoxy) is 1. The van der Waals surface area contributed by atoms with Gasteiger partial charge in [0.25, 0.3) is 0 Å². The van der Waals surface area contributed by atoms with Crippen molar-refractivity contribution in [3.8, 4) is 11.3 Å². The van der Waals surface area contributed by atoms with Crippen molar-refractivity contribution >= 4 is 28.6 Å². The average molecular weight is 425 g/mol. The van der Waals surface area contributed by atoms with Gasteiger partial charge in [-0.2, -0.15) is 10.1 Å². The van der Waals surface area contributed by atoms with Gasteiger partial charge in [0.1, 0.15) is 11.9 Å². The Morgan fingerprint density at radius 3 is 2.93 bits per heavy atom. The van der Waals surface area contributed by atoms with Crippen LogP contribution in [0.25, 0.3) is 22.3 Å². The molecule has 7 nitrogen and oxygen atoms in total. The monoisotopic (exact) mass is 424 g/mol. The number of rotatable bonds is 3. The minimum absolute atomic E-state index is 0.147. The molecule has 0 radical (unpaired) electrons. The van der Waals surface area contributed by atoms with Crippen molar-refractivity contribution in [3.05, 3.63) is 65.3 Å². The molecule has 1 aromatic carbocycles. The van der Waals surface area contributed by atoms with E-state index in [0.717, 1.165) is 5.56 Å². The van der Waals surface area contributed by atoms with Crippen LogP contribution in [0.15, 0.2) is 48.9 Å². The first kappa shape index (κ1) is 18.9.